The number of carbonyl (C=O) groups excluding carboxylic acids is 1. The molecule has 1 aromatic carbocycles. The number of thioether (sulfide) groups is 1. The number of anilines is 1. The van der Waals surface area contributed by atoms with E-state index in [1.807, 2.05) is 23.6 Å². The molecule has 1 unspecified atom stereocenters. The molecule has 1 aliphatic carbocycles. The van der Waals surface area contributed by atoms with Crippen LogP contribution in [0.1, 0.15) is 40.7 Å². The summed E-state index contributed by atoms with van der Waals surface area (Å²) in [6, 6.07) is 7.73. The standard InChI is InChI=1S/C25H26ClN5O2S2/c1-4-9-31-22(13-33-20-8-6-17(26)11-16(20)3)29-30-25(31)34-14-23(32)28-24-19(12-27)18-7-5-15(2)10-21(18)35-24/h4,6,8,11,15H,1,5,7,9-10,13-14H2,2-3H3,(H,28,32). The third-order valence-corrected chi connectivity index (χ3v) is 8.18. The molecule has 3 aromatic rings. The molecule has 1 aliphatic rings. The van der Waals surface area contributed by atoms with Crippen LogP contribution < -0.4 is 10.1 Å². The zero-order chi connectivity index (χ0) is 24.9. The molecule has 0 fully saturated rings. The van der Waals surface area contributed by atoms with Gasteiger partial charge in [-0.2, -0.15) is 5.26 Å². The molecule has 0 aliphatic heterocycles. The van der Waals surface area contributed by atoms with E-state index in [0.717, 1.165) is 36.1 Å². The van der Waals surface area contributed by atoms with Gasteiger partial charge in [0.15, 0.2) is 11.0 Å². The predicted octanol–water partition coefficient (Wildman–Crippen LogP) is 5.79. The molecule has 10 heteroatoms. The number of halogens is 1. The Morgan fingerprint density at radius 1 is 1.49 bits per heavy atom. The van der Waals surface area contributed by atoms with E-state index < -0.39 is 0 Å². The van der Waals surface area contributed by atoms with Crippen molar-refractivity contribution in [1.82, 2.24) is 14.8 Å². The number of nitrogens with one attached hydrogen (secondary N) is 1. The third-order valence-electron chi connectivity index (χ3n) is 5.81. The Bertz CT molecular complexity index is 1290. The van der Waals surface area contributed by atoms with Gasteiger partial charge >= 0.3 is 0 Å². The van der Waals surface area contributed by atoms with Crippen LogP contribution >= 0.6 is 34.7 Å². The van der Waals surface area contributed by atoms with Crippen molar-refractivity contribution in [2.24, 2.45) is 5.92 Å². The Morgan fingerprint density at radius 3 is 3.06 bits per heavy atom. The largest absolute Gasteiger partial charge is 0.485 e. The van der Waals surface area contributed by atoms with E-state index >= 15 is 0 Å². The van der Waals surface area contributed by atoms with Gasteiger partial charge in [-0.15, -0.1) is 28.1 Å². The molecule has 0 saturated carbocycles. The summed E-state index contributed by atoms with van der Waals surface area (Å²) in [6.07, 6.45) is 4.68. The summed E-state index contributed by atoms with van der Waals surface area (Å²) in [4.78, 5) is 14.0. The first-order valence-electron chi connectivity index (χ1n) is 11.3. The quantitative estimate of drug-likeness (QED) is 0.279. The Kier molecular flexibility index (Phi) is 8.16. The molecule has 0 saturated heterocycles. The van der Waals surface area contributed by atoms with E-state index in [1.165, 1.54) is 28.0 Å². The molecule has 1 atom stereocenters. The average Bonchev–Trinajstić information content (AvgIpc) is 3.36. The van der Waals surface area contributed by atoms with E-state index in [2.05, 4.69) is 35.1 Å². The van der Waals surface area contributed by atoms with Crippen molar-refractivity contribution < 1.29 is 9.53 Å². The van der Waals surface area contributed by atoms with Crippen LogP contribution in [0, 0.1) is 24.2 Å². The van der Waals surface area contributed by atoms with Crippen LogP contribution in [0.5, 0.6) is 5.75 Å². The monoisotopic (exact) mass is 527 g/mol. The highest BCUT2D eigenvalue weighted by Crippen LogP contribution is 2.39. The van der Waals surface area contributed by atoms with Crippen molar-refractivity contribution in [3.8, 4) is 11.8 Å². The zero-order valence-electron chi connectivity index (χ0n) is 19.6. The second kappa shape index (κ2) is 11.3. The normalized spacial score (nSPS) is 14.7. The first-order chi connectivity index (χ1) is 16.9. The van der Waals surface area contributed by atoms with E-state index in [-0.39, 0.29) is 18.3 Å². The molecule has 2 heterocycles. The third kappa shape index (κ3) is 5.89. The van der Waals surface area contributed by atoms with Crippen LogP contribution in [0.2, 0.25) is 5.02 Å². The van der Waals surface area contributed by atoms with Crippen molar-refractivity contribution in [3.63, 3.8) is 0 Å². The smallest absolute Gasteiger partial charge is 0.235 e. The summed E-state index contributed by atoms with van der Waals surface area (Å²) in [6.45, 7) is 8.68. The lowest BCUT2D eigenvalue weighted by atomic mass is 9.89. The molecule has 182 valence electrons. The minimum absolute atomic E-state index is 0.149. The van der Waals surface area contributed by atoms with E-state index in [4.69, 9.17) is 16.3 Å². The molecule has 35 heavy (non-hydrogen) atoms. The Labute approximate surface area is 218 Å². The van der Waals surface area contributed by atoms with E-state index in [9.17, 15) is 10.1 Å². The van der Waals surface area contributed by atoms with Gasteiger partial charge in [0.25, 0.3) is 0 Å². The predicted molar refractivity (Wildman–Crippen MR) is 140 cm³/mol. The van der Waals surface area contributed by atoms with Crippen molar-refractivity contribution in [2.75, 3.05) is 11.1 Å². The van der Waals surface area contributed by atoms with Gasteiger partial charge < -0.3 is 10.1 Å². The summed E-state index contributed by atoms with van der Waals surface area (Å²) in [5.41, 5.74) is 2.65. The highest BCUT2D eigenvalue weighted by atomic mass is 35.5. The summed E-state index contributed by atoms with van der Waals surface area (Å²) < 4.78 is 7.80. The van der Waals surface area contributed by atoms with Gasteiger partial charge in [-0.1, -0.05) is 36.4 Å². The lowest BCUT2D eigenvalue weighted by Gasteiger charge is -2.17. The Hall–Kier alpha value is -2.80. The van der Waals surface area contributed by atoms with Gasteiger partial charge in [-0.05, 0) is 61.4 Å². The average molecular weight is 528 g/mol. The molecule has 7 nitrogen and oxygen atoms in total. The van der Waals surface area contributed by atoms with Crippen molar-refractivity contribution in [3.05, 3.63) is 63.3 Å². The van der Waals surface area contributed by atoms with E-state index in [1.54, 1.807) is 12.1 Å². The van der Waals surface area contributed by atoms with Gasteiger partial charge in [0, 0.05) is 16.4 Å². The van der Waals surface area contributed by atoms with E-state index in [0.29, 0.717) is 39.0 Å². The number of carbonyl (C=O) groups is 1. The summed E-state index contributed by atoms with van der Waals surface area (Å²) >= 11 is 8.84. The number of nitrogens with zero attached hydrogens (tertiary/aromatic N) is 4. The number of fused-ring (bicyclic) bond motifs is 1. The molecule has 0 radical (unpaired) electrons. The molecule has 2 aromatic heterocycles. The summed E-state index contributed by atoms with van der Waals surface area (Å²) in [7, 11) is 0. The first-order valence-corrected chi connectivity index (χ1v) is 13.5. The van der Waals surface area contributed by atoms with Crippen LogP contribution in [-0.2, 0) is 30.8 Å². The number of ether oxygens (including phenoxy) is 1. The van der Waals surface area contributed by atoms with Crippen LogP contribution in [-0.4, -0.2) is 26.4 Å². The number of amides is 1. The van der Waals surface area contributed by atoms with Gasteiger partial charge in [0.2, 0.25) is 5.91 Å². The summed E-state index contributed by atoms with van der Waals surface area (Å²) in [5, 5.41) is 23.0. The fourth-order valence-electron chi connectivity index (χ4n) is 4.01. The second-order valence-electron chi connectivity index (χ2n) is 8.50. The highest BCUT2D eigenvalue weighted by molar-refractivity contribution is 7.99. The molecular weight excluding hydrogens is 502 g/mol. The van der Waals surface area contributed by atoms with Crippen molar-refractivity contribution in [1.29, 1.82) is 5.26 Å². The highest BCUT2D eigenvalue weighted by Gasteiger charge is 2.25. The number of aryl methyl sites for hydroxylation is 1. The van der Waals surface area contributed by atoms with Crippen LogP contribution in [0.15, 0.2) is 36.0 Å². The fraction of sp³-hybridized carbons (Fsp3) is 0.360. The molecule has 4 rings (SSSR count). The van der Waals surface area contributed by atoms with Crippen LogP contribution in [0.25, 0.3) is 0 Å². The number of hydrogen-bond acceptors (Lipinski definition) is 7. The topological polar surface area (TPSA) is 92.8 Å². The second-order valence-corrected chi connectivity index (χ2v) is 11.0. The van der Waals surface area contributed by atoms with Gasteiger partial charge in [0.05, 0.1) is 11.3 Å². The maximum absolute atomic E-state index is 12.7. The Balaban J connectivity index is 1.40. The molecule has 1 amide bonds. The minimum atomic E-state index is -0.180. The molecule has 0 spiro atoms. The SMILES string of the molecule is C=CCn1c(COc2ccc(Cl)cc2C)nnc1SCC(=O)Nc1sc2c(c1C#N)CCC(C)C2. The van der Waals surface area contributed by atoms with Crippen molar-refractivity contribution >= 4 is 45.6 Å². The number of allylic oxidation sites excluding steroid dienone is 1. The molecule has 0 bridgehead atoms. The van der Waals surface area contributed by atoms with Crippen LogP contribution in [0.4, 0.5) is 5.00 Å². The van der Waals surface area contributed by atoms with Crippen molar-refractivity contribution in [2.45, 2.75) is 51.4 Å². The number of hydrogen-bond donors (Lipinski definition) is 1. The number of rotatable bonds is 9. The molecule has 1 N–H and O–H groups in total. The zero-order valence-corrected chi connectivity index (χ0v) is 22.0. The lowest BCUT2D eigenvalue weighted by Crippen LogP contribution is -2.15. The maximum atomic E-state index is 12.7. The van der Waals surface area contributed by atoms with Gasteiger partial charge in [-0.25, -0.2) is 0 Å². The molecular formula is C25H26ClN5O2S2. The number of thiophene rings is 1. The number of aromatic nitrogens is 3. The fourth-order valence-corrected chi connectivity index (χ4v) is 6.38. The van der Waals surface area contributed by atoms with Gasteiger partial charge in [0.1, 0.15) is 23.4 Å². The number of benzene rings is 1. The first kappa shape index (κ1) is 25.3. The Morgan fingerprint density at radius 2 is 2.31 bits per heavy atom. The number of nitriles is 1. The lowest BCUT2D eigenvalue weighted by molar-refractivity contribution is -0.113. The van der Waals surface area contributed by atoms with Gasteiger partial charge in [-0.3, -0.25) is 9.36 Å². The summed E-state index contributed by atoms with van der Waals surface area (Å²) in [5.74, 6) is 1.92. The maximum Gasteiger partial charge on any atom is 0.235 e. The van der Waals surface area contributed by atoms with Crippen LogP contribution in [0.3, 0.4) is 0 Å². The minimum Gasteiger partial charge on any atom is -0.485 e.